The topological polar surface area (TPSA) is 79.2 Å². The van der Waals surface area contributed by atoms with Crippen LogP contribution in [-0.2, 0) is 9.53 Å². The van der Waals surface area contributed by atoms with Gasteiger partial charge in [-0.15, -0.1) is 11.3 Å². The number of anilines is 1. The van der Waals surface area contributed by atoms with Crippen LogP contribution in [-0.4, -0.2) is 18.5 Å². The standard InChI is InChI=1S/C19H17FN2O3S/c1-4-25-19(24)16-11(2)12(3)26-18(16)22-17(23)14(10-21)9-13-7-5-6-8-15(13)20/h5-9H,4H2,1-3H3,(H,22,23)/b14-9-. The second-order valence-electron chi connectivity index (χ2n) is 5.35. The number of carbonyl (C=O) groups is 2. The number of amides is 1. The largest absolute Gasteiger partial charge is 0.462 e. The fourth-order valence-corrected chi connectivity index (χ4v) is 3.27. The van der Waals surface area contributed by atoms with Gasteiger partial charge in [0.2, 0.25) is 0 Å². The Morgan fingerprint density at radius 3 is 2.65 bits per heavy atom. The van der Waals surface area contributed by atoms with Crippen molar-refractivity contribution in [1.29, 1.82) is 5.26 Å². The summed E-state index contributed by atoms with van der Waals surface area (Å²) in [6.07, 6.45) is 1.17. The van der Waals surface area contributed by atoms with E-state index in [1.807, 2.05) is 6.92 Å². The van der Waals surface area contributed by atoms with E-state index in [9.17, 15) is 19.2 Å². The molecule has 1 amide bonds. The number of ether oxygens (including phenoxy) is 1. The first-order chi connectivity index (χ1) is 12.4. The Hall–Kier alpha value is -2.98. The van der Waals surface area contributed by atoms with Gasteiger partial charge in [-0.1, -0.05) is 18.2 Å². The second-order valence-corrected chi connectivity index (χ2v) is 6.58. The SMILES string of the molecule is CCOC(=O)c1c(NC(=O)/C(C#N)=C\c2ccccc2F)sc(C)c1C. The van der Waals surface area contributed by atoms with E-state index in [2.05, 4.69) is 5.32 Å². The number of hydrogen-bond donors (Lipinski definition) is 1. The molecule has 5 nitrogen and oxygen atoms in total. The van der Waals surface area contributed by atoms with Gasteiger partial charge in [0, 0.05) is 10.4 Å². The highest BCUT2D eigenvalue weighted by Crippen LogP contribution is 2.33. The molecule has 0 aliphatic rings. The number of thiophene rings is 1. The first-order valence-corrected chi connectivity index (χ1v) is 8.65. The van der Waals surface area contributed by atoms with Gasteiger partial charge in [-0.25, -0.2) is 9.18 Å². The smallest absolute Gasteiger partial charge is 0.341 e. The number of nitriles is 1. The average Bonchev–Trinajstić information content (AvgIpc) is 2.88. The lowest BCUT2D eigenvalue weighted by atomic mass is 10.1. The van der Waals surface area contributed by atoms with Gasteiger partial charge < -0.3 is 10.1 Å². The maximum absolute atomic E-state index is 13.7. The first kappa shape index (κ1) is 19.3. The summed E-state index contributed by atoms with van der Waals surface area (Å²) in [6.45, 7) is 5.47. The molecule has 0 aliphatic heterocycles. The third kappa shape index (κ3) is 4.16. The molecule has 0 unspecified atom stereocenters. The van der Waals surface area contributed by atoms with Crippen LogP contribution in [0.25, 0.3) is 6.08 Å². The molecule has 26 heavy (non-hydrogen) atoms. The quantitative estimate of drug-likeness (QED) is 0.484. The van der Waals surface area contributed by atoms with Crippen molar-refractivity contribution in [2.45, 2.75) is 20.8 Å². The van der Waals surface area contributed by atoms with Crippen LogP contribution in [0.2, 0.25) is 0 Å². The number of esters is 1. The number of aryl methyl sites for hydroxylation is 1. The zero-order chi connectivity index (χ0) is 19.3. The van der Waals surface area contributed by atoms with Crippen molar-refractivity contribution in [3.8, 4) is 6.07 Å². The van der Waals surface area contributed by atoms with Gasteiger partial charge in [-0.3, -0.25) is 4.79 Å². The van der Waals surface area contributed by atoms with E-state index in [1.165, 1.54) is 35.6 Å². The van der Waals surface area contributed by atoms with Crippen molar-refractivity contribution in [2.75, 3.05) is 11.9 Å². The number of benzene rings is 1. The van der Waals surface area contributed by atoms with Gasteiger partial charge in [0.25, 0.3) is 5.91 Å². The summed E-state index contributed by atoms with van der Waals surface area (Å²) in [6, 6.07) is 7.58. The highest BCUT2D eigenvalue weighted by molar-refractivity contribution is 7.16. The van der Waals surface area contributed by atoms with Crippen LogP contribution >= 0.6 is 11.3 Å². The van der Waals surface area contributed by atoms with Crippen LogP contribution in [0.4, 0.5) is 9.39 Å². The van der Waals surface area contributed by atoms with Crippen LogP contribution in [0.3, 0.4) is 0 Å². The van der Waals surface area contributed by atoms with Crippen LogP contribution in [0.5, 0.6) is 0 Å². The van der Waals surface area contributed by atoms with Gasteiger partial charge >= 0.3 is 5.97 Å². The molecule has 1 heterocycles. The van der Waals surface area contributed by atoms with Crippen molar-refractivity contribution in [3.05, 3.63) is 57.2 Å². The van der Waals surface area contributed by atoms with Crippen LogP contribution in [0.1, 0.15) is 33.3 Å². The summed E-state index contributed by atoms with van der Waals surface area (Å²) in [5.41, 5.74) is 0.836. The van der Waals surface area contributed by atoms with Crippen LogP contribution < -0.4 is 5.32 Å². The maximum Gasteiger partial charge on any atom is 0.341 e. The number of halogens is 1. The van der Waals surface area contributed by atoms with E-state index in [1.54, 1.807) is 26.0 Å². The molecule has 0 spiro atoms. The van der Waals surface area contributed by atoms with E-state index < -0.39 is 17.7 Å². The highest BCUT2D eigenvalue weighted by atomic mass is 32.1. The van der Waals surface area contributed by atoms with Crippen molar-refractivity contribution in [1.82, 2.24) is 0 Å². The summed E-state index contributed by atoms with van der Waals surface area (Å²) in [5, 5.41) is 12.1. The van der Waals surface area contributed by atoms with Gasteiger partial charge in [0.15, 0.2) is 0 Å². The van der Waals surface area contributed by atoms with Crippen molar-refractivity contribution in [3.63, 3.8) is 0 Å². The Labute approximate surface area is 154 Å². The highest BCUT2D eigenvalue weighted by Gasteiger charge is 2.23. The zero-order valence-corrected chi connectivity index (χ0v) is 15.4. The molecule has 1 N–H and O–H groups in total. The van der Waals surface area contributed by atoms with Crippen molar-refractivity contribution in [2.24, 2.45) is 0 Å². The Bertz CT molecular complexity index is 925. The molecule has 0 atom stereocenters. The molecular weight excluding hydrogens is 355 g/mol. The Morgan fingerprint density at radius 2 is 2.04 bits per heavy atom. The monoisotopic (exact) mass is 372 g/mol. The zero-order valence-electron chi connectivity index (χ0n) is 14.6. The molecule has 1 aromatic carbocycles. The van der Waals surface area contributed by atoms with E-state index in [-0.39, 0.29) is 23.3 Å². The average molecular weight is 372 g/mol. The Balaban J connectivity index is 2.35. The Morgan fingerprint density at radius 1 is 1.35 bits per heavy atom. The lowest BCUT2D eigenvalue weighted by Gasteiger charge is -2.07. The summed E-state index contributed by atoms with van der Waals surface area (Å²) in [4.78, 5) is 25.5. The second kappa shape index (κ2) is 8.41. The summed E-state index contributed by atoms with van der Waals surface area (Å²) in [7, 11) is 0. The number of hydrogen-bond acceptors (Lipinski definition) is 5. The predicted octanol–water partition coefficient (Wildman–Crippen LogP) is 4.23. The molecule has 134 valence electrons. The lowest BCUT2D eigenvalue weighted by molar-refractivity contribution is -0.112. The fourth-order valence-electron chi connectivity index (χ4n) is 2.23. The van der Waals surface area contributed by atoms with E-state index in [0.29, 0.717) is 10.6 Å². The van der Waals surface area contributed by atoms with Crippen molar-refractivity contribution >= 4 is 34.3 Å². The molecule has 0 aliphatic carbocycles. The maximum atomic E-state index is 13.7. The summed E-state index contributed by atoms with van der Waals surface area (Å²) >= 11 is 1.22. The van der Waals surface area contributed by atoms with Crippen molar-refractivity contribution < 1.29 is 18.7 Å². The van der Waals surface area contributed by atoms with Gasteiger partial charge in [0.1, 0.15) is 22.5 Å². The molecule has 0 bridgehead atoms. The number of carbonyl (C=O) groups excluding carboxylic acids is 2. The first-order valence-electron chi connectivity index (χ1n) is 7.83. The summed E-state index contributed by atoms with van der Waals surface area (Å²) < 4.78 is 18.8. The van der Waals surface area contributed by atoms with Gasteiger partial charge in [0.05, 0.1) is 12.2 Å². The third-order valence-electron chi connectivity index (χ3n) is 3.66. The normalized spacial score (nSPS) is 11.0. The molecule has 0 saturated heterocycles. The van der Waals surface area contributed by atoms with Crippen LogP contribution in [0.15, 0.2) is 29.8 Å². The minimum atomic E-state index is -0.720. The number of nitrogens with one attached hydrogen (secondary N) is 1. The lowest BCUT2D eigenvalue weighted by Crippen LogP contribution is -2.16. The van der Waals surface area contributed by atoms with E-state index in [4.69, 9.17) is 4.74 Å². The number of nitrogens with zero attached hydrogens (tertiary/aromatic N) is 1. The molecule has 0 saturated carbocycles. The molecule has 2 aromatic rings. The minimum absolute atomic E-state index is 0.128. The van der Waals surface area contributed by atoms with Gasteiger partial charge in [-0.05, 0) is 38.5 Å². The van der Waals surface area contributed by atoms with Crippen LogP contribution in [0, 0.1) is 31.0 Å². The molecule has 7 heteroatoms. The molecule has 0 fully saturated rings. The predicted molar refractivity (Wildman–Crippen MR) is 98.4 cm³/mol. The minimum Gasteiger partial charge on any atom is -0.462 e. The van der Waals surface area contributed by atoms with E-state index >= 15 is 0 Å². The van der Waals surface area contributed by atoms with E-state index in [0.717, 1.165) is 4.88 Å². The molecule has 0 radical (unpaired) electrons. The molecule has 2 rings (SSSR count). The third-order valence-corrected chi connectivity index (χ3v) is 4.78. The number of rotatable bonds is 5. The summed E-state index contributed by atoms with van der Waals surface area (Å²) in [5.74, 6) is -1.80. The van der Waals surface area contributed by atoms with Gasteiger partial charge in [-0.2, -0.15) is 5.26 Å². The fraction of sp³-hybridized carbons (Fsp3) is 0.211. The molecular formula is C19H17FN2O3S. The Kier molecular flexibility index (Phi) is 6.26. The molecule has 1 aromatic heterocycles.